The van der Waals surface area contributed by atoms with Crippen molar-refractivity contribution in [1.29, 1.82) is 0 Å². The molecular weight excluding hydrogens is 164 g/mol. The number of benzene rings is 1. The number of aryl methyl sites for hydroxylation is 1. The van der Waals surface area contributed by atoms with E-state index in [1.54, 1.807) is 0 Å². The minimum Gasteiger partial charge on any atom is -0.399 e. The number of hydrogen-bond donors (Lipinski definition) is 3. The largest absolute Gasteiger partial charge is 0.399 e. The lowest BCUT2D eigenvalue weighted by molar-refractivity contribution is 0.292. The third-order valence-corrected chi connectivity index (χ3v) is 1.76. The van der Waals surface area contributed by atoms with Crippen LogP contribution in [0.25, 0.3) is 0 Å². The van der Waals surface area contributed by atoms with Gasteiger partial charge in [0.1, 0.15) is 0 Å². The maximum Gasteiger partial charge on any atom is 0.0447 e. The van der Waals surface area contributed by atoms with Crippen molar-refractivity contribution in [3.8, 4) is 0 Å². The Morgan fingerprint density at radius 1 is 1.38 bits per heavy atom. The second-order valence-electron chi connectivity index (χ2n) is 3.14. The summed E-state index contributed by atoms with van der Waals surface area (Å²) in [5.74, 6) is 0. The number of nitrogen functional groups attached to an aromatic ring is 1. The molecule has 0 atom stereocenters. The van der Waals surface area contributed by atoms with E-state index in [9.17, 15) is 0 Å². The molecule has 3 heteroatoms. The number of anilines is 2. The highest BCUT2D eigenvalue weighted by Crippen LogP contribution is 2.15. The molecule has 1 aromatic carbocycles. The minimum atomic E-state index is 0.217. The van der Waals surface area contributed by atoms with Crippen LogP contribution in [0.15, 0.2) is 18.2 Å². The van der Waals surface area contributed by atoms with Gasteiger partial charge < -0.3 is 16.2 Å². The molecule has 3 nitrogen and oxygen atoms in total. The quantitative estimate of drug-likeness (QED) is 0.484. The van der Waals surface area contributed by atoms with Crippen LogP contribution in [0, 0.1) is 6.92 Å². The van der Waals surface area contributed by atoms with Gasteiger partial charge in [0, 0.05) is 24.5 Å². The average molecular weight is 180 g/mol. The van der Waals surface area contributed by atoms with Gasteiger partial charge in [-0.05, 0) is 37.1 Å². The summed E-state index contributed by atoms with van der Waals surface area (Å²) in [5.41, 5.74) is 8.61. The summed E-state index contributed by atoms with van der Waals surface area (Å²) in [4.78, 5) is 0. The fourth-order valence-electron chi connectivity index (χ4n) is 1.23. The van der Waals surface area contributed by atoms with E-state index in [0.29, 0.717) is 0 Å². The van der Waals surface area contributed by atoms with Gasteiger partial charge in [0.15, 0.2) is 0 Å². The van der Waals surface area contributed by atoms with Crippen LogP contribution in [0.1, 0.15) is 12.0 Å². The Kier molecular flexibility index (Phi) is 3.58. The third-order valence-electron chi connectivity index (χ3n) is 1.76. The Bertz CT molecular complexity index is 253. The third kappa shape index (κ3) is 3.34. The molecule has 1 aromatic rings. The molecule has 0 fully saturated rings. The second kappa shape index (κ2) is 4.72. The molecule has 0 saturated heterocycles. The lowest BCUT2D eigenvalue weighted by Gasteiger charge is -2.07. The van der Waals surface area contributed by atoms with Gasteiger partial charge in [-0.25, -0.2) is 0 Å². The van der Waals surface area contributed by atoms with Crippen molar-refractivity contribution in [3.63, 3.8) is 0 Å². The summed E-state index contributed by atoms with van der Waals surface area (Å²) in [5, 5.41) is 11.8. The van der Waals surface area contributed by atoms with E-state index in [1.165, 1.54) is 0 Å². The van der Waals surface area contributed by atoms with Gasteiger partial charge >= 0.3 is 0 Å². The fraction of sp³-hybridized carbons (Fsp3) is 0.400. The molecule has 0 saturated carbocycles. The van der Waals surface area contributed by atoms with Gasteiger partial charge in [0.2, 0.25) is 0 Å². The zero-order valence-electron chi connectivity index (χ0n) is 7.88. The molecule has 0 aliphatic heterocycles. The molecule has 13 heavy (non-hydrogen) atoms. The molecule has 0 bridgehead atoms. The highest BCUT2D eigenvalue weighted by Gasteiger charge is 1.94. The van der Waals surface area contributed by atoms with Gasteiger partial charge in [-0.15, -0.1) is 0 Å². The summed E-state index contributed by atoms with van der Waals surface area (Å²) in [6.45, 7) is 3.00. The van der Waals surface area contributed by atoms with Gasteiger partial charge in [-0.1, -0.05) is 0 Å². The molecule has 0 aliphatic carbocycles. The second-order valence-corrected chi connectivity index (χ2v) is 3.14. The average Bonchev–Trinajstić information content (AvgIpc) is 2.03. The van der Waals surface area contributed by atoms with Crippen LogP contribution in [-0.2, 0) is 0 Å². The van der Waals surface area contributed by atoms with Crippen LogP contribution in [-0.4, -0.2) is 18.3 Å². The summed E-state index contributed by atoms with van der Waals surface area (Å²) in [7, 11) is 0. The van der Waals surface area contributed by atoms with Crippen molar-refractivity contribution >= 4 is 11.4 Å². The van der Waals surface area contributed by atoms with E-state index < -0.39 is 0 Å². The van der Waals surface area contributed by atoms with E-state index in [4.69, 9.17) is 10.8 Å². The molecule has 0 radical (unpaired) electrons. The Balaban J connectivity index is 2.56. The SMILES string of the molecule is Cc1cc(N)cc(NCCCO)c1. The first-order chi connectivity index (χ1) is 6.22. The number of nitrogens with one attached hydrogen (secondary N) is 1. The Morgan fingerprint density at radius 2 is 2.15 bits per heavy atom. The summed E-state index contributed by atoms with van der Waals surface area (Å²) in [6, 6.07) is 5.86. The van der Waals surface area contributed by atoms with Crippen molar-refractivity contribution in [1.82, 2.24) is 0 Å². The summed E-state index contributed by atoms with van der Waals surface area (Å²) < 4.78 is 0. The van der Waals surface area contributed by atoms with Crippen LogP contribution >= 0.6 is 0 Å². The first-order valence-corrected chi connectivity index (χ1v) is 4.44. The number of hydrogen-bond acceptors (Lipinski definition) is 3. The lowest BCUT2D eigenvalue weighted by Crippen LogP contribution is -2.03. The molecule has 4 N–H and O–H groups in total. The maximum atomic E-state index is 8.59. The minimum absolute atomic E-state index is 0.217. The number of aliphatic hydroxyl groups excluding tert-OH is 1. The Labute approximate surface area is 78.6 Å². The zero-order chi connectivity index (χ0) is 9.68. The van der Waals surface area contributed by atoms with Gasteiger partial charge in [0.25, 0.3) is 0 Å². The highest BCUT2D eigenvalue weighted by atomic mass is 16.3. The fourth-order valence-corrected chi connectivity index (χ4v) is 1.23. The highest BCUT2D eigenvalue weighted by molar-refractivity contribution is 5.56. The predicted octanol–water partition coefficient (Wildman–Crippen LogP) is 1.37. The molecule has 1 rings (SSSR count). The first kappa shape index (κ1) is 9.86. The topological polar surface area (TPSA) is 58.3 Å². The number of nitrogens with two attached hydrogens (primary N) is 1. The van der Waals surface area contributed by atoms with Gasteiger partial charge in [-0.2, -0.15) is 0 Å². The van der Waals surface area contributed by atoms with Crippen molar-refractivity contribution in [2.24, 2.45) is 0 Å². The molecule has 0 aromatic heterocycles. The van der Waals surface area contributed by atoms with Gasteiger partial charge in [-0.3, -0.25) is 0 Å². The summed E-state index contributed by atoms with van der Waals surface area (Å²) >= 11 is 0. The smallest absolute Gasteiger partial charge is 0.0447 e. The van der Waals surface area contributed by atoms with Crippen LogP contribution in [0.5, 0.6) is 0 Å². The molecule has 0 spiro atoms. The predicted molar refractivity (Wildman–Crippen MR) is 55.8 cm³/mol. The van der Waals surface area contributed by atoms with E-state index in [1.807, 2.05) is 25.1 Å². The Morgan fingerprint density at radius 3 is 2.77 bits per heavy atom. The van der Waals surface area contributed by atoms with Gasteiger partial charge in [0.05, 0.1) is 0 Å². The molecule has 0 aliphatic rings. The lowest BCUT2D eigenvalue weighted by atomic mass is 10.2. The monoisotopic (exact) mass is 180 g/mol. The van der Waals surface area contributed by atoms with E-state index in [0.717, 1.165) is 29.9 Å². The normalized spacial score (nSPS) is 10.0. The molecule has 0 heterocycles. The van der Waals surface area contributed by atoms with E-state index in [2.05, 4.69) is 5.32 Å². The van der Waals surface area contributed by atoms with E-state index >= 15 is 0 Å². The van der Waals surface area contributed by atoms with Crippen LogP contribution in [0.2, 0.25) is 0 Å². The van der Waals surface area contributed by atoms with E-state index in [-0.39, 0.29) is 6.61 Å². The number of rotatable bonds is 4. The van der Waals surface area contributed by atoms with Crippen molar-refractivity contribution in [3.05, 3.63) is 23.8 Å². The maximum absolute atomic E-state index is 8.59. The first-order valence-electron chi connectivity index (χ1n) is 4.44. The van der Waals surface area contributed by atoms with Crippen molar-refractivity contribution in [2.45, 2.75) is 13.3 Å². The zero-order valence-corrected chi connectivity index (χ0v) is 7.88. The number of aliphatic hydroxyl groups is 1. The van der Waals surface area contributed by atoms with Crippen LogP contribution in [0.3, 0.4) is 0 Å². The molecule has 72 valence electrons. The van der Waals surface area contributed by atoms with Crippen LogP contribution < -0.4 is 11.1 Å². The Hall–Kier alpha value is -1.22. The summed E-state index contributed by atoms with van der Waals surface area (Å²) in [6.07, 6.45) is 0.758. The standard InChI is InChI=1S/C10H16N2O/c1-8-5-9(11)7-10(6-8)12-3-2-4-13/h5-7,12-13H,2-4,11H2,1H3. The van der Waals surface area contributed by atoms with Crippen molar-refractivity contribution in [2.75, 3.05) is 24.2 Å². The molecule has 0 unspecified atom stereocenters. The molecule has 0 amide bonds. The molecular formula is C10H16N2O. The van der Waals surface area contributed by atoms with Crippen molar-refractivity contribution < 1.29 is 5.11 Å². The van der Waals surface area contributed by atoms with Crippen LogP contribution in [0.4, 0.5) is 11.4 Å².